The Balaban J connectivity index is 2.43. The van der Waals surface area contributed by atoms with Gasteiger partial charge in [0.1, 0.15) is 5.82 Å². The molecule has 0 unspecified atom stereocenters. The van der Waals surface area contributed by atoms with Crippen LogP contribution in [0.2, 0.25) is 0 Å². The zero-order valence-electron chi connectivity index (χ0n) is 9.52. The molecule has 0 saturated carbocycles. The van der Waals surface area contributed by atoms with Crippen LogP contribution in [0.1, 0.15) is 18.4 Å². The molecule has 0 fully saturated rings. The van der Waals surface area contributed by atoms with Crippen LogP contribution < -0.4 is 0 Å². The second-order valence-corrected chi connectivity index (χ2v) is 3.96. The van der Waals surface area contributed by atoms with Crippen LogP contribution in [0.25, 0.3) is 11.1 Å². The van der Waals surface area contributed by atoms with Crippen LogP contribution in [-0.4, -0.2) is 0 Å². The lowest BCUT2D eigenvalue weighted by Gasteiger charge is -2.07. The van der Waals surface area contributed by atoms with E-state index in [1.807, 2.05) is 30.3 Å². The Hall–Kier alpha value is -2.14. The van der Waals surface area contributed by atoms with E-state index in [1.54, 1.807) is 19.1 Å². The van der Waals surface area contributed by atoms with Gasteiger partial charge in [-0.05, 0) is 24.1 Å². The highest BCUT2D eigenvalue weighted by atomic mass is 19.1. The molecule has 0 spiro atoms. The highest BCUT2D eigenvalue weighted by molar-refractivity contribution is 5.64. The number of halogens is 1. The van der Waals surface area contributed by atoms with Crippen molar-refractivity contribution in [3.63, 3.8) is 0 Å². The van der Waals surface area contributed by atoms with E-state index in [0.29, 0.717) is 11.1 Å². The van der Waals surface area contributed by atoms with Crippen molar-refractivity contribution in [2.24, 2.45) is 0 Å². The summed E-state index contributed by atoms with van der Waals surface area (Å²) in [5.74, 6) is -0.565. The fourth-order valence-electron chi connectivity index (χ4n) is 1.73. The molecule has 2 aromatic rings. The van der Waals surface area contributed by atoms with E-state index >= 15 is 0 Å². The summed E-state index contributed by atoms with van der Waals surface area (Å²) in [4.78, 5) is 0. The van der Waals surface area contributed by atoms with Gasteiger partial charge in [0.15, 0.2) is 0 Å². The standard InChI is InChI=1S/C15H12FN/c1-11(10-17)13-7-8-14(15(16)9-13)12-5-3-2-4-6-12/h2-9,11H,1H3/t11-/m1/s1. The molecule has 2 aromatic carbocycles. The van der Waals surface area contributed by atoms with Gasteiger partial charge in [0.25, 0.3) is 0 Å². The molecule has 17 heavy (non-hydrogen) atoms. The van der Waals surface area contributed by atoms with Crippen molar-refractivity contribution in [2.75, 3.05) is 0 Å². The molecule has 2 rings (SSSR count). The van der Waals surface area contributed by atoms with Crippen molar-refractivity contribution >= 4 is 0 Å². The molecule has 0 aliphatic heterocycles. The van der Waals surface area contributed by atoms with E-state index in [2.05, 4.69) is 6.07 Å². The summed E-state index contributed by atoms with van der Waals surface area (Å²) in [7, 11) is 0. The molecule has 1 atom stereocenters. The van der Waals surface area contributed by atoms with Crippen LogP contribution in [-0.2, 0) is 0 Å². The second kappa shape index (κ2) is 4.80. The third-order valence-corrected chi connectivity index (χ3v) is 2.77. The summed E-state index contributed by atoms with van der Waals surface area (Å²) in [6.45, 7) is 1.76. The smallest absolute Gasteiger partial charge is 0.131 e. The molecule has 1 nitrogen and oxygen atoms in total. The largest absolute Gasteiger partial charge is 0.206 e. The Morgan fingerprint density at radius 2 is 1.82 bits per heavy atom. The first kappa shape index (κ1) is 11.3. The fourth-order valence-corrected chi connectivity index (χ4v) is 1.73. The molecule has 0 N–H and O–H groups in total. The Labute approximate surface area is 100 Å². The summed E-state index contributed by atoms with van der Waals surface area (Å²) in [5, 5.41) is 8.79. The zero-order chi connectivity index (χ0) is 12.3. The van der Waals surface area contributed by atoms with Gasteiger partial charge in [0, 0.05) is 5.56 Å². The molecular formula is C15H12FN. The van der Waals surface area contributed by atoms with E-state index in [-0.39, 0.29) is 11.7 Å². The first-order chi connectivity index (χ1) is 8.22. The van der Waals surface area contributed by atoms with E-state index in [4.69, 9.17) is 5.26 Å². The number of rotatable bonds is 2. The lowest BCUT2D eigenvalue weighted by molar-refractivity contribution is 0.628. The highest BCUT2D eigenvalue weighted by Crippen LogP contribution is 2.25. The maximum absolute atomic E-state index is 13.9. The molecule has 0 aliphatic carbocycles. The molecule has 84 valence electrons. The van der Waals surface area contributed by atoms with Crippen LogP contribution in [0.3, 0.4) is 0 Å². The fraction of sp³-hybridized carbons (Fsp3) is 0.133. The molecule has 0 aromatic heterocycles. The number of benzene rings is 2. The van der Waals surface area contributed by atoms with Crippen molar-refractivity contribution < 1.29 is 4.39 Å². The van der Waals surface area contributed by atoms with Crippen LogP contribution in [0, 0.1) is 17.1 Å². The van der Waals surface area contributed by atoms with E-state index in [9.17, 15) is 4.39 Å². The Morgan fingerprint density at radius 1 is 1.12 bits per heavy atom. The minimum Gasteiger partial charge on any atom is -0.206 e. The molecule has 0 bridgehead atoms. The van der Waals surface area contributed by atoms with E-state index in [0.717, 1.165) is 5.56 Å². The van der Waals surface area contributed by atoms with Crippen molar-refractivity contribution in [1.82, 2.24) is 0 Å². The molecular weight excluding hydrogens is 213 g/mol. The quantitative estimate of drug-likeness (QED) is 0.754. The maximum Gasteiger partial charge on any atom is 0.131 e. The van der Waals surface area contributed by atoms with Gasteiger partial charge in [-0.3, -0.25) is 0 Å². The van der Waals surface area contributed by atoms with Gasteiger partial charge >= 0.3 is 0 Å². The summed E-state index contributed by atoms with van der Waals surface area (Å²) in [6, 6.07) is 16.5. The summed E-state index contributed by atoms with van der Waals surface area (Å²) in [5.41, 5.74) is 2.13. The topological polar surface area (TPSA) is 23.8 Å². The maximum atomic E-state index is 13.9. The van der Waals surface area contributed by atoms with E-state index < -0.39 is 0 Å². The Bertz CT molecular complexity index is 555. The normalized spacial score (nSPS) is 11.8. The number of hydrogen-bond donors (Lipinski definition) is 0. The first-order valence-electron chi connectivity index (χ1n) is 5.47. The predicted octanol–water partition coefficient (Wildman–Crippen LogP) is 4.12. The average molecular weight is 225 g/mol. The van der Waals surface area contributed by atoms with Crippen molar-refractivity contribution in [3.05, 3.63) is 59.9 Å². The van der Waals surface area contributed by atoms with Crippen LogP contribution in [0.15, 0.2) is 48.5 Å². The predicted molar refractivity (Wildman–Crippen MR) is 65.9 cm³/mol. The van der Waals surface area contributed by atoms with Crippen molar-refractivity contribution in [1.29, 1.82) is 5.26 Å². The number of nitriles is 1. The lowest BCUT2D eigenvalue weighted by atomic mass is 9.98. The van der Waals surface area contributed by atoms with Crippen LogP contribution in [0.4, 0.5) is 4.39 Å². The van der Waals surface area contributed by atoms with Gasteiger partial charge in [0.05, 0.1) is 12.0 Å². The third kappa shape index (κ3) is 2.34. The Morgan fingerprint density at radius 3 is 2.41 bits per heavy atom. The molecule has 0 saturated heterocycles. The molecule has 0 aliphatic rings. The molecule has 0 heterocycles. The number of nitrogens with zero attached hydrogens (tertiary/aromatic N) is 1. The van der Waals surface area contributed by atoms with Gasteiger partial charge in [-0.1, -0.05) is 42.5 Å². The minimum atomic E-state index is -0.283. The molecule has 2 heteroatoms. The van der Waals surface area contributed by atoms with Crippen LogP contribution in [0.5, 0.6) is 0 Å². The average Bonchev–Trinajstić information content (AvgIpc) is 2.38. The Kier molecular flexibility index (Phi) is 3.20. The van der Waals surface area contributed by atoms with Gasteiger partial charge in [-0.15, -0.1) is 0 Å². The van der Waals surface area contributed by atoms with E-state index in [1.165, 1.54) is 6.07 Å². The number of hydrogen-bond acceptors (Lipinski definition) is 1. The molecule has 0 amide bonds. The van der Waals surface area contributed by atoms with Crippen molar-refractivity contribution in [2.45, 2.75) is 12.8 Å². The van der Waals surface area contributed by atoms with Gasteiger partial charge in [0.2, 0.25) is 0 Å². The second-order valence-electron chi connectivity index (χ2n) is 3.96. The lowest BCUT2D eigenvalue weighted by Crippen LogP contribution is -1.92. The zero-order valence-corrected chi connectivity index (χ0v) is 9.52. The molecule has 0 radical (unpaired) electrons. The third-order valence-electron chi connectivity index (χ3n) is 2.77. The van der Waals surface area contributed by atoms with Gasteiger partial charge in [-0.2, -0.15) is 5.26 Å². The van der Waals surface area contributed by atoms with Gasteiger partial charge < -0.3 is 0 Å². The minimum absolute atomic E-state index is 0.282. The monoisotopic (exact) mass is 225 g/mol. The van der Waals surface area contributed by atoms with Crippen LogP contribution >= 0.6 is 0 Å². The summed E-state index contributed by atoms with van der Waals surface area (Å²) < 4.78 is 13.9. The summed E-state index contributed by atoms with van der Waals surface area (Å²) in [6.07, 6.45) is 0. The SMILES string of the molecule is C[C@H](C#N)c1ccc(-c2ccccc2)c(F)c1. The summed E-state index contributed by atoms with van der Waals surface area (Å²) >= 11 is 0. The van der Waals surface area contributed by atoms with Gasteiger partial charge in [-0.25, -0.2) is 4.39 Å². The highest BCUT2D eigenvalue weighted by Gasteiger charge is 2.09. The van der Waals surface area contributed by atoms with Crippen molar-refractivity contribution in [3.8, 4) is 17.2 Å². The first-order valence-corrected chi connectivity index (χ1v) is 5.47.